The summed E-state index contributed by atoms with van der Waals surface area (Å²) in [5.41, 5.74) is 0. The third-order valence-corrected chi connectivity index (χ3v) is 3.64. The van der Waals surface area contributed by atoms with Crippen LogP contribution in [0.4, 0.5) is 0 Å². The van der Waals surface area contributed by atoms with Gasteiger partial charge in [0.2, 0.25) is 5.91 Å². The first-order valence-electron chi connectivity index (χ1n) is 6.58. The van der Waals surface area contributed by atoms with Gasteiger partial charge in [-0.3, -0.25) is 4.79 Å². The van der Waals surface area contributed by atoms with Crippen molar-refractivity contribution in [1.29, 1.82) is 0 Å². The quantitative estimate of drug-likeness (QED) is 0.750. The standard InChI is InChI=1S/C13H26N2O/c1-4-11(2)10-15(3)13(16)6-5-12-7-8-14-9-12/h11-12,14H,4-10H2,1-3H3. The zero-order chi connectivity index (χ0) is 12.0. The van der Waals surface area contributed by atoms with Gasteiger partial charge in [-0.25, -0.2) is 0 Å². The van der Waals surface area contributed by atoms with Crippen LogP contribution in [0.2, 0.25) is 0 Å². The molecule has 16 heavy (non-hydrogen) atoms. The Balaban J connectivity index is 2.17. The Hall–Kier alpha value is -0.570. The van der Waals surface area contributed by atoms with Gasteiger partial charge in [0.1, 0.15) is 0 Å². The molecule has 0 aromatic heterocycles. The van der Waals surface area contributed by atoms with Crippen molar-refractivity contribution < 1.29 is 4.79 Å². The molecule has 3 nitrogen and oxygen atoms in total. The van der Waals surface area contributed by atoms with Gasteiger partial charge < -0.3 is 10.2 Å². The third-order valence-electron chi connectivity index (χ3n) is 3.64. The molecule has 1 aliphatic heterocycles. The van der Waals surface area contributed by atoms with Crippen LogP contribution in [-0.2, 0) is 4.79 Å². The van der Waals surface area contributed by atoms with Crippen LogP contribution in [0.15, 0.2) is 0 Å². The maximum Gasteiger partial charge on any atom is 0.222 e. The van der Waals surface area contributed by atoms with Gasteiger partial charge in [0.05, 0.1) is 0 Å². The highest BCUT2D eigenvalue weighted by Gasteiger charge is 2.17. The van der Waals surface area contributed by atoms with Crippen molar-refractivity contribution in [3.63, 3.8) is 0 Å². The molecule has 1 rings (SSSR count). The second-order valence-corrected chi connectivity index (χ2v) is 5.19. The van der Waals surface area contributed by atoms with Gasteiger partial charge in [-0.2, -0.15) is 0 Å². The second kappa shape index (κ2) is 6.89. The van der Waals surface area contributed by atoms with Crippen molar-refractivity contribution in [3.05, 3.63) is 0 Å². The van der Waals surface area contributed by atoms with Crippen LogP contribution < -0.4 is 5.32 Å². The van der Waals surface area contributed by atoms with Crippen molar-refractivity contribution in [3.8, 4) is 0 Å². The summed E-state index contributed by atoms with van der Waals surface area (Å²) in [6, 6.07) is 0. The minimum absolute atomic E-state index is 0.312. The van der Waals surface area contributed by atoms with E-state index in [1.165, 1.54) is 6.42 Å². The summed E-state index contributed by atoms with van der Waals surface area (Å²) in [7, 11) is 1.93. The van der Waals surface area contributed by atoms with Crippen molar-refractivity contribution in [1.82, 2.24) is 10.2 Å². The van der Waals surface area contributed by atoms with Crippen molar-refractivity contribution in [2.75, 3.05) is 26.7 Å². The van der Waals surface area contributed by atoms with E-state index in [1.54, 1.807) is 0 Å². The maximum absolute atomic E-state index is 11.9. The molecule has 0 aromatic carbocycles. The molecule has 94 valence electrons. The fourth-order valence-corrected chi connectivity index (χ4v) is 2.18. The molecule has 2 atom stereocenters. The number of hydrogen-bond donors (Lipinski definition) is 1. The van der Waals surface area contributed by atoms with E-state index < -0.39 is 0 Å². The van der Waals surface area contributed by atoms with Gasteiger partial charge in [0.25, 0.3) is 0 Å². The van der Waals surface area contributed by atoms with Gasteiger partial charge in [-0.15, -0.1) is 0 Å². The first kappa shape index (κ1) is 13.5. The number of hydrogen-bond acceptors (Lipinski definition) is 2. The minimum Gasteiger partial charge on any atom is -0.345 e. The Morgan fingerprint density at radius 1 is 1.56 bits per heavy atom. The number of carbonyl (C=O) groups is 1. The van der Waals surface area contributed by atoms with E-state index in [-0.39, 0.29) is 0 Å². The first-order valence-corrected chi connectivity index (χ1v) is 6.58. The van der Waals surface area contributed by atoms with Gasteiger partial charge in [0, 0.05) is 20.0 Å². The van der Waals surface area contributed by atoms with Gasteiger partial charge >= 0.3 is 0 Å². The summed E-state index contributed by atoms with van der Waals surface area (Å²) < 4.78 is 0. The summed E-state index contributed by atoms with van der Waals surface area (Å²) in [5, 5.41) is 3.34. The zero-order valence-corrected chi connectivity index (χ0v) is 11.0. The van der Waals surface area contributed by atoms with Crippen molar-refractivity contribution in [2.24, 2.45) is 11.8 Å². The van der Waals surface area contributed by atoms with Crippen LogP contribution in [-0.4, -0.2) is 37.5 Å². The normalized spacial score (nSPS) is 22.1. The Labute approximate surface area is 99.6 Å². The molecule has 1 N–H and O–H groups in total. The average molecular weight is 226 g/mol. The molecule has 0 bridgehead atoms. The molecule has 3 heteroatoms. The Kier molecular flexibility index (Phi) is 5.81. The summed E-state index contributed by atoms with van der Waals surface area (Å²) in [6.45, 7) is 7.50. The molecule has 1 heterocycles. The number of amides is 1. The molecule has 0 spiro atoms. The summed E-state index contributed by atoms with van der Waals surface area (Å²) in [6.07, 6.45) is 4.16. The van der Waals surface area contributed by atoms with Crippen LogP contribution in [0.5, 0.6) is 0 Å². The fourth-order valence-electron chi connectivity index (χ4n) is 2.18. The topological polar surface area (TPSA) is 32.3 Å². The molecule has 1 amide bonds. The zero-order valence-electron chi connectivity index (χ0n) is 11.0. The lowest BCUT2D eigenvalue weighted by molar-refractivity contribution is -0.130. The SMILES string of the molecule is CCC(C)CN(C)C(=O)CCC1CCNC1. The number of nitrogens with zero attached hydrogens (tertiary/aromatic N) is 1. The fraction of sp³-hybridized carbons (Fsp3) is 0.923. The van der Waals surface area contributed by atoms with Gasteiger partial charge in [0.15, 0.2) is 0 Å². The Morgan fingerprint density at radius 2 is 2.31 bits per heavy atom. The van der Waals surface area contributed by atoms with E-state index in [2.05, 4.69) is 19.2 Å². The van der Waals surface area contributed by atoms with E-state index in [0.29, 0.717) is 11.8 Å². The lowest BCUT2D eigenvalue weighted by atomic mass is 10.0. The highest BCUT2D eigenvalue weighted by Crippen LogP contribution is 2.15. The summed E-state index contributed by atoms with van der Waals surface area (Å²) in [4.78, 5) is 13.8. The smallest absolute Gasteiger partial charge is 0.222 e. The molecule has 0 radical (unpaired) electrons. The van der Waals surface area contributed by atoms with E-state index >= 15 is 0 Å². The predicted molar refractivity (Wildman–Crippen MR) is 67.3 cm³/mol. The predicted octanol–water partition coefficient (Wildman–Crippen LogP) is 1.88. The molecular formula is C13H26N2O. The highest BCUT2D eigenvalue weighted by atomic mass is 16.2. The molecular weight excluding hydrogens is 200 g/mol. The van der Waals surface area contributed by atoms with Crippen molar-refractivity contribution >= 4 is 5.91 Å². The van der Waals surface area contributed by atoms with Gasteiger partial charge in [-0.1, -0.05) is 20.3 Å². The van der Waals surface area contributed by atoms with Gasteiger partial charge in [-0.05, 0) is 37.8 Å². The van der Waals surface area contributed by atoms with Crippen LogP contribution in [0, 0.1) is 11.8 Å². The molecule has 2 unspecified atom stereocenters. The number of rotatable bonds is 6. The first-order chi connectivity index (χ1) is 7.63. The number of carbonyl (C=O) groups excluding carboxylic acids is 1. The molecule has 1 aliphatic rings. The second-order valence-electron chi connectivity index (χ2n) is 5.19. The van der Waals surface area contributed by atoms with E-state index in [9.17, 15) is 4.79 Å². The monoisotopic (exact) mass is 226 g/mol. The largest absolute Gasteiger partial charge is 0.345 e. The third kappa shape index (κ3) is 4.52. The maximum atomic E-state index is 11.9. The Morgan fingerprint density at radius 3 is 2.88 bits per heavy atom. The van der Waals surface area contributed by atoms with E-state index in [0.717, 1.165) is 44.8 Å². The lowest BCUT2D eigenvalue weighted by Crippen LogP contribution is -2.31. The van der Waals surface area contributed by atoms with Crippen LogP contribution in [0.25, 0.3) is 0 Å². The van der Waals surface area contributed by atoms with E-state index in [4.69, 9.17) is 0 Å². The molecule has 1 fully saturated rings. The van der Waals surface area contributed by atoms with Crippen LogP contribution in [0.3, 0.4) is 0 Å². The summed E-state index contributed by atoms with van der Waals surface area (Å²) in [5.74, 6) is 1.65. The summed E-state index contributed by atoms with van der Waals surface area (Å²) >= 11 is 0. The lowest BCUT2D eigenvalue weighted by Gasteiger charge is -2.21. The Bertz CT molecular complexity index is 212. The van der Waals surface area contributed by atoms with Crippen LogP contribution in [0.1, 0.15) is 39.5 Å². The molecule has 0 aliphatic carbocycles. The van der Waals surface area contributed by atoms with Crippen molar-refractivity contribution in [2.45, 2.75) is 39.5 Å². The van der Waals surface area contributed by atoms with Crippen LogP contribution >= 0.6 is 0 Å². The average Bonchev–Trinajstić information content (AvgIpc) is 2.78. The molecule has 1 saturated heterocycles. The minimum atomic E-state index is 0.312. The number of nitrogens with one attached hydrogen (secondary N) is 1. The highest BCUT2D eigenvalue weighted by molar-refractivity contribution is 5.75. The molecule has 0 aromatic rings. The molecule has 0 saturated carbocycles. The van der Waals surface area contributed by atoms with E-state index in [1.807, 2.05) is 11.9 Å².